The number of rotatable bonds is 7. The molecule has 2 N–H and O–H groups in total. The summed E-state index contributed by atoms with van der Waals surface area (Å²) in [6, 6.07) is 15.7. The number of morpholine rings is 1. The van der Waals surface area contributed by atoms with E-state index in [-0.39, 0.29) is 24.3 Å². The quantitative estimate of drug-likeness (QED) is 0.492. The molecule has 3 heterocycles. The van der Waals surface area contributed by atoms with Crippen LogP contribution >= 0.6 is 0 Å². The second-order valence-electron chi connectivity index (χ2n) is 9.87. The maximum atomic E-state index is 13.1. The molecule has 9 nitrogen and oxygen atoms in total. The summed E-state index contributed by atoms with van der Waals surface area (Å²) < 4.78 is 5.37. The van der Waals surface area contributed by atoms with Crippen molar-refractivity contribution in [3.63, 3.8) is 0 Å². The Labute approximate surface area is 221 Å². The molecule has 2 aromatic carbocycles. The second-order valence-corrected chi connectivity index (χ2v) is 9.87. The summed E-state index contributed by atoms with van der Waals surface area (Å²) >= 11 is 0. The van der Waals surface area contributed by atoms with Gasteiger partial charge in [0.2, 0.25) is 0 Å². The van der Waals surface area contributed by atoms with Crippen molar-refractivity contribution in [2.45, 2.75) is 26.4 Å². The number of carboxylic acid groups (broad SMARTS) is 1. The Hall–Kier alpha value is -4.24. The predicted octanol–water partition coefficient (Wildman–Crippen LogP) is 3.90. The Bertz CT molecular complexity index is 1350. The van der Waals surface area contributed by atoms with Crippen molar-refractivity contribution in [1.82, 2.24) is 9.88 Å². The van der Waals surface area contributed by atoms with Gasteiger partial charge in [-0.3, -0.25) is 9.59 Å². The largest absolute Gasteiger partial charge is 0.480 e. The fraction of sp³-hybridized carbons (Fsp3) is 0.310. The molecular weight excluding hydrogens is 484 g/mol. The number of hydrogen-bond donors (Lipinski definition) is 2. The van der Waals surface area contributed by atoms with Crippen molar-refractivity contribution < 1.29 is 24.2 Å². The van der Waals surface area contributed by atoms with E-state index in [1.165, 1.54) is 4.90 Å². The summed E-state index contributed by atoms with van der Waals surface area (Å²) in [7, 11) is 0. The van der Waals surface area contributed by atoms with Crippen LogP contribution in [0.5, 0.6) is 0 Å². The molecule has 1 aromatic heterocycles. The van der Waals surface area contributed by atoms with Crippen molar-refractivity contribution in [3.8, 4) is 11.1 Å². The lowest BCUT2D eigenvalue weighted by Crippen LogP contribution is -2.44. The highest BCUT2D eigenvalue weighted by Crippen LogP contribution is 2.31. The van der Waals surface area contributed by atoms with Crippen molar-refractivity contribution in [3.05, 3.63) is 77.5 Å². The first kappa shape index (κ1) is 25.4. The summed E-state index contributed by atoms with van der Waals surface area (Å²) in [5.41, 5.74) is 4.18. The smallest absolute Gasteiger partial charge is 0.326 e. The number of aromatic nitrogens is 1. The van der Waals surface area contributed by atoms with E-state index in [4.69, 9.17) is 4.74 Å². The third-order valence-electron chi connectivity index (χ3n) is 6.98. The van der Waals surface area contributed by atoms with Crippen LogP contribution in [0.2, 0.25) is 0 Å². The molecule has 1 saturated heterocycles. The summed E-state index contributed by atoms with van der Waals surface area (Å²) in [4.78, 5) is 45.5. The van der Waals surface area contributed by atoms with Gasteiger partial charge in [-0.25, -0.2) is 9.78 Å². The topological polar surface area (TPSA) is 112 Å². The van der Waals surface area contributed by atoms with Crippen LogP contribution in [0.15, 0.2) is 60.8 Å². The minimum Gasteiger partial charge on any atom is -0.480 e. The maximum absolute atomic E-state index is 13.1. The molecule has 0 radical (unpaired) electrons. The van der Waals surface area contributed by atoms with Crippen LogP contribution in [-0.4, -0.2) is 65.1 Å². The number of nitrogens with one attached hydrogen (secondary N) is 1. The van der Waals surface area contributed by atoms with E-state index in [9.17, 15) is 19.5 Å². The lowest BCUT2D eigenvalue weighted by atomic mass is 10.00. The van der Waals surface area contributed by atoms with Gasteiger partial charge in [-0.2, -0.15) is 0 Å². The summed E-state index contributed by atoms with van der Waals surface area (Å²) in [5, 5.41) is 12.5. The van der Waals surface area contributed by atoms with Crippen LogP contribution < -0.4 is 10.2 Å². The Morgan fingerprint density at radius 3 is 2.34 bits per heavy atom. The number of hydrogen-bond acceptors (Lipinski definition) is 6. The van der Waals surface area contributed by atoms with E-state index >= 15 is 0 Å². The number of anilines is 2. The zero-order valence-electron chi connectivity index (χ0n) is 21.4. The van der Waals surface area contributed by atoms with Crippen molar-refractivity contribution in [1.29, 1.82) is 0 Å². The zero-order valence-corrected chi connectivity index (χ0v) is 21.4. The van der Waals surface area contributed by atoms with Crippen LogP contribution in [-0.2, 0) is 16.1 Å². The van der Waals surface area contributed by atoms with Crippen molar-refractivity contribution in [2.24, 2.45) is 5.92 Å². The summed E-state index contributed by atoms with van der Waals surface area (Å²) in [5.74, 6) is -0.887. The van der Waals surface area contributed by atoms with Gasteiger partial charge in [0.15, 0.2) is 0 Å². The summed E-state index contributed by atoms with van der Waals surface area (Å²) in [6.07, 6.45) is 1.58. The molecule has 1 fully saturated rings. The van der Waals surface area contributed by atoms with Crippen molar-refractivity contribution in [2.75, 3.05) is 36.5 Å². The molecule has 1 atom stereocenters. The number of fused-ring (bicyclic) bond motifs is 1. The van der Waals surface area contributed by atoms with Gasteiger partial charge in [0.25, 0.3) is 11.8 Å². The van der Waals surface area contributed by atoms with E-state index < -0.39 is 12.0 Å². The monoisotopic (exact) mass is 514 g/mol. The molecule has 0 aliphatic carbocycles. The first-order chi connectivity index (χ1) is 18.3. The number of pyridine rings is 1. The number of nitrogens with zero attached hydrogens (tertiary/aromatic N) is 3. The molecule has 0 spiro atoms. The molecule has 38 heavy (non-hydrogen) atoms. The number of ether oxygens (including phenoxy) is 1. The molecule has 9 heteroatoms. The molecule has 2 aliphatic rings. The van der Waals surface area contributed by atoms with E-state index in [1.807, 2.05) is 48.5 Å². The molecule has 0 saturated carbocycles. The SMILES string of the molecule is CC(C)C(C(=O)O)N1Cc2ccc(-c3ccc(NC(=O)c4ccc(N5CCOCC5)nc4)cc3)cc2C1=O. The standard InChI is InChI=1S/C29H30N4O5/c1-18(2)26(29(36)37)33-17-22-4-3-20(15-24(22)28(33)35)19-5-8-23(9-6-19)31-27(34)21-7-10-25(30-16-21)32-11-13-38-14-12-32/h3-10,15-16,18,26H,11-14,17H2,1-2H3,(H,31,34)(H,36,37). The number of amides is 2. The fourth-order valence-corrected chi connectivity index (χ4v) is 4.96. The molecule has 2 amide bonds. The maximum Gasteiger partial charge on any atom is 0.326 e. The van der Waals surface area contributed by atoms with Crippen molar-refractivity contribution >= 4 is 29.3 Å². The van der Waals surface area contributed by atoms with Crippen LogP contribution in [0.1, 0.15) is 40.1 Å². The lowest BCUT2D eigenvalue weighted by molar-refractivity contribution is -0.144. The highest BCUT2D eigenvalue weighted by Gasteiger charge is 2.38. The van der Waals surface area contributed by atoms with Crippen LogP contribution in [0.25, 0.3) is 11.1 Å². The van der Waals surface area contributed by atoms with Crippen LogP contribution in [0.4, 0.5) is 11.5 Å². The van der Waals surface area contributed by atoms with Gasteiger partial charge in [-0.1, -0.05) is 38.1 Å². The fourth-order valence-electron chi connectivity index (χ4n) is 4.96. The molecule has 3 aromatic rings. The van der Waals surface area contributed by atoms with Gasteiger partial charge in [0, 0.05) is 37.1 Å². The van der Waals surface area contributed by atoms with Crippen LogP contribution in [0, 0.1) is 5.92 Å². The molecule has 0 bridgehead atoms. The van der Waals surface area contributed by atoms with Gasteiger partial charge in [-0.05, 0) is 52.9 Å². The predicted molar refractivity (Wildman–Crippen MR) is 143 cm³/mol. The second kappa shape index (κ2) is 10.6. The molecular formula is C29H30N4O5. The first-order valence-corrected chi connectivity index (χ1v) is 12.7. The Balaban J connectivity index is 1.26. The van der Waals surface area contributed by atoms with Gasteiger partial charge in [0.1, 0.15) is 11.9 Å². The number of benzene rings is 2. The van der Waals surface area contributed by atoms with E-state index in [1.54, 1.807) is 26.1 Å². The average Bonchev–Trinajstić information content (AvgIpc) is 3.24. The first-order valence-electron chi connectivity index (χ1n) is 12.7. The normalized spacial score (nSPS) is 15.9. The molecule has 196 valence electrons. The van der Waals surface area contributed by atoms with Gasteiger partial charge in [0.05, 0.1) is 18.8 Å². The third kappa shape index (κ3) is 5.10. The van der Waals surface area contributed by atoms with Crippen LogP contribution in [0.3, 0.4) is 0 Å². The van der Waals surface area contributed by atoms with Gasteiger partial charge < -0.3 is 25.0 Å². The number of carboxylic acids is 1. The summed E-state index contributed by atoms with van der Waals surface area (Å²) in [6.45, 7) is 6.80. The highest BCUT2D eigenvalue weighted by molar-refractivity contribution is 6.04. The zero-order chi connectivity index (χ0) is 26.8. The Kier molecular flexibility index (Phi) is 7.11. The highest BCUT2D eigenvalue weighted by atomic mass is 16.5. The lowest BCUT2D eigenvalue weighted by Gasteiger charge is -2.27. The van der Waals surface area contributed by atoms with E-state index in [2.05, 4.69) is 15.2 Å². The minimum atomic E-state index is -0.997. The molecule has 5 rings (SSSR count). The average molecular weight is 515 g/mol. The number of carbonyl (C=O) groups excluding carboxylic acids is 2. The third-order valence-corrected chi connectivity index (χ3v) is 6.98. The molecule has 1 unspecified atom stereocenters. The van der Waals surface area contributed by atoms with E-state index in [0.29, 0.717) is 30.0 Å². The number of aliphatic carboxylic acids is 1. The minimum absolute atomic E-state index is 0.202. The van der Waals surface area contributed by atoms with Gasteiger partial charge >= 0.3 is 5.97 Å². The van der Waals surface area contributed by atoms with E-state index in [0.717, 1.165) is 35.6 Å². The Morgan fingerprint density at radius 1 is 1.00 bits per heavy atom. The molecule has 2 aliphatic heterocycles. The Morgan fingerprint density at radius 2 is 1.71 bits per heavy atom. The number of carbonyl (C=O) groups is 3. The van der Waals surface area contributed by atoms with Gasteiger partial charge in [-0.15, -0.1) is 0 Å².